The molecule has 0 atom stereocenters. The largest absolute Gasteiger partial charge is 0.368 e. The predicted octanol–water partition coefficient (Wildman–Crippen LogP) is 3.52. The predicted molar refractivity (Wildman–Crippen MR) is 122 cm³/mol. The zero-order valence-electron chi connectivity index (χ0n) is 17.7. The molecule has 0 spiro atoms. The zero-order valence-corrected chi connectivity index (χ0v) is 17.7. The van der Waals surface area contributed by atoms with Crippen LogP contribution in [0.4, 0.5) is 17.1 Å². The van der Waals surface area contributed by atoms with Gasteiger partial charge in [0.25, 0.3) is 5.69 Å². The monoisotopic (exact) mass is 419 g/mol. The Bertz CT molecular complexity index is 1140. The summed E-state index contributed by atoms with van der Waals surface area (Å²) in [6, 6.07) is 11.1. The molecule has 0 aliphatic carbocycles. The number of hydrogen-bond acceptors (Lipinski definition) is 6. The molecule has 0 saturated carbocycles. The van der Waals surface area contributed by atoms with Crippen LogP contribution in [0.5, 0.6) is 0 Å². The van der Waals surface area contributed by atoms with Gasteiger partial charge >= 0.3 is 0 Å². The van der Waals surface area contributed by atoms with E-state index < -0.39 is 0 Å². The lowest BCUT2D eigenvalue weighted by atomic mass is 10.1. The number of nitro groups is 1. The SMILES string of the molecule is Cc1cccc(NC(=O)CN2CCN(c3ccc([N+](=O)[O-])c4cnccc34)CC2)c1C. The molecule has 4 rings (SSSR count). The highest BCUT2D eigenvalue weighted by Crippen LogP contribution is 2.33. The summed E-state index contributed by atoms with van der Waals surface area (Å²) in [7, 11) is 0. The first-order chi connectivity index (χ1) is 14.9. The average molecular weight is 419 g/mol. The number of piperazine rings is 1. The zero-order chi connectivity index (χ0) is 22.0. The number of carbonyl (C=O) groups is 1. The van der Waals surface area contributed by atoms with E-state index in [9.17, 15) is 14.9 Å². The molecule has 1 amide bonds. The van der Waals surface area contributed by atoms with E-state index in [-0.39, 0.29) is 16.5 Å². The fraction of sp³-hybridized carbons (Fsp3) is 0.304. The maximum atomic E-state index is 12.5. The quantitative estimate of drug-likeness (QED) is 0.503. The van der Waals surface area contributed by atoms with Gasteiger partial charge in [0.1, 0.15) is 0 Å². The number of amides is 1. The van der Waals surface area contributed by atoms with E-state index in [2.05, 4.69) is 20.1 Å². The lowest BCUT2D eigenvalue weighted by molar-refractivity contribution is -0.383. The first-order valence-corrected chi connectivity index (χ1v) is 10.3. The Morgan fingerprint density at radius 3 is 2.61 bits per heavy atom. The number of nitrogens with one attached hydrogen (secondary N) is 1. The molecule has 2 aromatic carbocycles. The summed E-state index contributed by atoms with van der Waals surface area (Å²) in [5, 5.41) is 15.7. The fourth-order valence-corrected chi connectivity index (χ4v) is 4.02. The van der Waals surface area contributed by atoms with Crippen LogP contribution in [0.3, 0.4) is 0 Å². The summed E-state index contributed by atoms with van der Waals surface area (Å²) in [5.41, 5.74) is 4.11. The summed E-state index contributed by atoms with van der Waals surface area (Å²) in [4.78, 5) is 31.9. The lowest BCUT2D eigenvalue weighted by Gasteiger charge is -2.36. The molecule has 8 nitrogen and oxygen atoms in total. The van der Waals surface area contributed by atoms with E-state index in [0.717, 1.165) is 54.1 Å². The average Bonchev–Trinajstić information content (AvgIpc) is 2.76. The van der Waals surface area contributed by atoms with Crippen molar-refractivity contribution in [3.8, 4) is 0 Å². The standard InChI is InChI=1S/C23H25N5O3/c1-16-4-3-5-20(17(16)2)25-23(29)15-26-10-12-27(13-11-26)21-6-7-22(28(30)31)19-14-24-9-8-18(19)21/h3-9,14H,10-13,15H2,1-2H3,(H,25,29). The molecule has 1 fully saturated rings. The minimum atomic E-state index is -0.375. The number of nitro benzene ring substituents is 1. The van der Waals surface area contributed by atoms with Crippen molar-refractivity contribution < 1.29 is 9.72 Å². The van der Waals surface area contributed by atoms with Crippen LogP contribution in [0.1, 0.15) is 11.1 Å². The molecular formula is C23H25N5O3. The molecular weight excluding hydrogens is 394 g/mol. The molecule has 0 bridgehead atoms. The molecule has 2 heterocycles. The Morgan fingerprint density at radius 1 is 1.10 bits per heavy atom. The van der Waals surface area contributed by atoms with Gasteiger partial charge in [0, 0.05) is 61.4 Å². The first-order valence-electron chi connectivity index (χ1n) is 10.3. The third kappa shape index (κ3) is 4.34. The second-order valence-corrected chi connectivity index (χ2v) is 7.84. The van der Waals surface area contributed by atoms with Crippen LogP contribution in [0.15, 0.2) is 48.8 Å². The second kappa shape index (κ2) is 8.69. The van der Waals surface area contributed by atoms with Gasteiger partial charge in [-0.15, -0.1) is 0 Å². The Kier molecular flexibility index (Phi) is 5.81. The number of pyridine rings is 1. The number of hydrogen-bond donors (Lipinski definition) is 1. The fourth-order valence-electron chi connectivity index (χ4n) is 4.02. The van der Waals surface area contributed by atoms with Crippen LogP contribution in [0, 0.1) is 24.0 Å². The normalized spacial score (nSPS) is 14.6. The lowest BCUT2D eigenvalue weighted by Crippen LogP contribution is -2.48. The number of rotatable bonds is 5. The van der Waals surface area contributed by atoms with Gasteiger partial charge in [-0.05, 0) is 43.2 Å². The summed E-state index contributed by atoms with van der Waals surface area (Å²) in [6.07, 6.45) is 3.20. The topological polar surface area (TPSA) is 91.6 Å². The summed E-state index contributed by atoms with van der Waals surface area (Å²) in [5.74, 6) is -0.0194. The maximum Gasteiger partial charge on any atom is 0.278 e. The number of aromatic nitrogens is 1. The van der Waals surface area contributed by atoms with Crippen LogP contribution in [-0.4, -0.2) is 53.4 Å². The Morgan fingerprint density at radius 2 is 1.87 bits per heavy atom. The van der Waals surface area contributed by atoms with Gasteiger partial charge in [-0.1, -0.05) is 12.1 Å². The smallest absolute Gasteiger partial charge is 0.278 e. The molecule has 1 aromatic heterocycles. The molecule has 0 unspecified atom stereocenters. The molecule has 1 saturated heterocycles. The molecule has 160 valence electrons. The number of carbonyl (C=O) groups excluding carboxylic acids is 1. The minimum absolute atomic E-state index is 0.0194. The van der Waals surface area contributed by atoms with Gasteiger partial charge in [-0.2, -0.15) is 0 Å². The van der Waals surface area contributed by atoms with Gasteiger partial charge in [0.15, 0.2) is 0 Å². The number of fused-ring (bicyclic) bond motifs is 1. The van der Waals surface area contributed by atoms with Crippen molar-refractivity contribution in [1.29, 1.82) is 0 Å². The van der Waals surface area contributed by atoms with Crippen molar-refractivity contribution in [3.63, 3.8) is 0 Å². The van der Waals surface area contributed by atoms with E-state index in [4.69, 9.17) is 0 Å². The molecule has 3 aromatic rings. The van der Waals surface area contributed by atoms with Crippen LogP contribution < -0.4 is 10.2 Å². The minimum Gasteiger partial charge on any atom is -0.368 e. The van der Waals surface area contributed by atoms with E-state index in [1.807, 2.05) is 44.2 Å². The number of aryl methyl sites for hydroxylation is 1. The maximum absolute atomic E-state index is 12.5. The van der Waals surface area contributed by atoms with Crippen LogP contribution in [0.2, 0.25) is 0 Å². The molecule has 0 radical (unpaired) electrons. The second-order valence-electron chi connectivity index (χ2n) is 7.84. The molecule has 1 aliphatic heterocycles. The van der Waals surface area contributed by atoms with Gasteiger partial charge in [0.05, 0.1) is 16.9 Å². The first kappa shape index (κ1) is 20.7. The third-order valence-corrected chi connectivity index (χ3v) is 5.93. The van der Waals surface area contributed by atoms with Crippen molar-refractivity contribution in [2.24, 2.45) is 0 Å². The van der Waals surface area contributed by atoms with Crippen molar-refractivity contribution in [3.05, 3.63) is 70.0 Å². The molecule has 1 aliphatic rings. The van der Waals surface area contributed by atoms with Crippen LogP contribution in [0.25, 0.3) is 10.8 Å². The summed E-state index contributed by atoms with van der Waals surface area (Å²) >= 11 is 0. The highest BCUT2D eigenvalue weighted by atomic mass is 16.6. The van der Waals surface area contributed by atoms with Gasteiger partial charge in [0.2, 0.25) is 5.91 Å². The Hall–Kier alpha value is -3.52. The summed E-state index contributed by atoms with van der Waals surface area (Å²) < 4.78 is 0. The van der Waals surface area contributed by atoms with E-state index in [1.165, 1.54) is 0 Å². The van der Waals surface area contributed by atoms with Crippen molar-refractivity contribution in [2.75, 3.05) is 42.9 Å². The number of non-ortho nitro benzene ring substituents is 1. The van der Waals surface area contributed by atoms with E-state index in [0.29, 0.717) is 11.9 Å². The summed E-state index contributed by atoms with van der Waals surface area (Å²) in [6.45, 7) is 7.34. The van der Waals surface area contributed by atoms with Gasteiger partial charge < -0.3 is 10.2 Å². The number of nitrogens with zero attached hydrogens (tertiary/aromatic N) is 4. The number of benzene rings is 2. The Balaban J connectivity index is 1.41. The highest BCUT2D eigenvalue weighted by molar-refractivity contribution is 5.99. The van der Waals surface area contributed by atoms with E-state index in [1.54, 1.807) is 18.5 Å². The van der Waals surface area contributed by atoms with Crippen molar-refractivity contribution in [1.82, 2.24) is 9.88 Å². The highest BCUT2D eigenvalue weighted by Gasteiger charge is 2.23. The van der Waals surface area contributed by atoms with E-state index >= 15 is 0 Å². The van der Waals surface area contributed by atoms with Gasteiger partial charge in [-0.25, -0.2) is 0 Å². The third-order valence-electron chi connectivity index (χ3n) is 5.93. The molecule has 1 N–H and O–H groups in total. The van der Waals surface area contributed by atoms with Crippen molar-refractivity contribution in [2.45, 2.75) is 13.8 Å². The molecule has 8 heteroatoms. The van der Waals surface area contributed by atoms with Gasteiger partial charge in [-0.3, -0.25) is 24.8 Å². The van der Waals surface area contributed by atoms with Crippen LogP contribution in [-0.2, 0) is 4.79 Å². The number of anilines is 2. The molecule has 31 heavy (non-hydrogen) atoms. The van der Waals surface area contributed by atoms with Crippen LogP contribution >= 0.6 is 0 Å². The Labute approximate surface area is 180 Å². The van der Waals surface area contributed by atoms with Crippen molar-refractivity contribution >= 4 is 33.7 Å².